The molecule has 0 amide bonds. The topological polar surface area (TPSA) is 89.4 Å². The second kappa shape index (κ2) is 9.62. The van der Waals surface area contributed by atoms with E-state index in [4.69, 9.17) is 18.9 Å². The van der Waals surface area contributed by atoms with Gasteiger partial charge in [0.1, 0.15) is 6.10 Å². The Labute approximate surface area is 254 Å². The average molecular weight is 590 g/mol. The van der Waals surface area contributed by atoms with Crippen molar-refractivity contribution in [3.8, 4) is 0 Å². The number of rotatable bonds is 5. The third-order valence-electron chi connectivity index (χ3n) is 15.3. The second-order valence-corrected chi connectivity index (χ2v) is 17.5. The summed E-state index contributed by atoms with van der Waals surface area (Å²) in [7, 11) is 1.67. The maximum Gasteiger partial charge on any atom is 0.170 e. The average Bonchev–Trinajstić information content (AvgIpc) is 3.55. The third kappa shape index (κ3) is 3.77. The first kappa shape index (κ1) is 30.4. The third-order valence-corrected chi connectivity index (χ3v) is 15.3. The van der Waals surface area contributed by atoms with Crippen molar-refractivity contribution in [2.75, 3.05) is 26.8 Å². The number of morpholine rings is 1. The molecule has 0 aromatic heterocycles. The Morgan fingerprint density at radius 3 is 2.38 bits per heavy atom. The smallest absolute Gasteiger partial charge is 0.170 e. The SMILES string of the molecule is CO[C@@H]([C@H]1C[C@@H](C)[C@H]2[C@H](O1)[C@H](O)[C@@]1(C)[C@@H]3CC[C@H]4C(C)(C)[C@@H](O[C@H]5CNCCO5)CCC45CC35CC[C@]21C)C(C)(C)O. The molecule has 240 valence electrons. The van der Waals surface area contributed by atoms with Crippen LogP contribution in [-0.2, 0) is 18.9 Å². The molecule has 14 atom stereocenters. The molecule has 0 bridgehead atoms. The van der Waals surface area contributed by atoms with Crippen LogP contribution in [0.2, 0.25) is 0 Å². The summed E-state index contributed by atoms with van der Waals surface area (Å²) in [5.41, 5.74) is -0.349. The lowest BCUT2D eigenvalue weighted by Gasteiger charge is -2.64. The van der Waals surface area contributed by atoms with Gasteiger partial charge in [0.05, 0.1) is 36.6 Å². The van der Waals surface area contributed by atoms with Crippen molar-refractivity contribution in [3.05, 3.63) is 0 Å². The quantitative estimate of drug-likeness (QED) is 0.420. The van der Waals surface area contributed by atoms with E-state index in [0.29, 0.717) is 34.5 Å². The lowest BCUT2D eigenvalue weighted by Crippen LogP contribution is -2.60. The number of nitrogens with one attached hydrogen (secondary N) is 1. The highest BCUT2D eigenvalue weighted by molar-refractivity contribution is 5.33. The maximum absolute atomic E-state index is 12.5. The van der Waals surface area contributed by atoms with Gasteiger partial charge in [-0.15, -0.1) is 0 Å². The molecule has 7 fully saturated rings. The van der Waals surface area contributed by atoms with Gasteiger partial charge >= 0.3 is 0 Å². The van der Waals surface area contributed by atoms with Crippen LogP contribution in [0.15, 0.2) is 0 Å². The van der Waals surface area contributed by atoms with Crippen LogP contribution in [0.1, 0.15) is 99.8 Å². The van der Waals surface area contributed by atoms with Crippen LogP contribution in [0.4, 0.5) is 0 Å². The minimum absolute atomic E-state index is 0.0342. The van der Waals surface area contributed by atoms with Crippen LogP contribution in [0.3, 0.4) is 0 Å². The van der Waals surface area contributed by atoms with Crippen LogP contribution in [0.25, 0.3) is 0 Å². The van der Waals surface area contributed by atoms with E-state index < -0.39 is 17.8 Å². The minimum Gasteiger partial charge on any atom is -0.390 e. The van der Waals surface area contributed by atoms with E-state index in [1.54, 1.807) is 7.11 Å². The van der Waals surface area contributed by atoms with Crippen LogP contribution >= 0.6 is 0 Å². The fourth-order valence-corrected chi connectivity index (χ4v) is 13.5. The number of aliphatic hydroxyl groups is 2. The Hall–Kier alpha value is -0.280. The first-order valence-corrected chi connectivity index (χ1v) is 17.2. The summed E-state index contributed by atoms with van der Waals surface area (Å²) < 4.78 is 25.4. The van der Waals surface area contributed by atoms with Crippen molar-refractivity contribution in [3.63, 3.8) is 0 Å². The van der Waals surface area contributed by atoms with Gasteiger partial charge in [0.25, 0.3) is 0 Å². The molecule has 7 rings (SSSR count). The summed E-state index contributed by atoms with van der Waals surface area (Å²) in [4.78, 5) is 0. The van der Waals surface area contributed by atoms with E-state index in [0.717, 1.165) is 32.5 Å². The Morgan fingerprint density at radius 1 is 1.00 bits per heavy atom. The molecule has 3 N–H and O–H groups in total. The molecule has 0 aromatic rings. The molecule has 7 heteroatoms. The molecular weight excluding hydrogens is 530 g/mol. The van der Waals surface area contributed by atoms with Crippen molar-refractivity contribution in [2.45, 2.75) is 142 Å². The molecule has 2 heterocycles. The summed E-state index contributed by atoms with van der Waals surface area (Å²) in [5, 5.41) is 26.8. The van der Waals surface area contributed by atoms with Gasteiger partial charge in [-0.25, -0.2) is 0 Å². The zero-order chi connectivity index (χ0) is 30.1. The molecule has 2 unspecified atom stereocenters. The van der Waals surface area contributed by atoms with Gasteiger partial charge in [0, 0.05) is 25.6 Å². The summed E-state index contributed by atoms with van der Waals surface area (Å²) in [6.45, 7) is 18.3. The summed E-state index contributed by atoms with van der Waals surface area (Å²) in [6.07, 6.45) is 8.16. The van der Waals surface area contributed by atoms with E-state index in [1.807, 2.05) is 13.8 Å². The standard InChI is InChI=1S/C35H59NO6/c1-20-17-21(29(39-8)31(4,5)38)41-27-26(20)32(6)13-14-35-19-34(35)12-11-24(42-25-18-36-15-16-40-25)30(2,3)22(34)9-10-23(35)33(32,7)28(27)37/h20-29,36-38H,9-19H2,1-8H3/t20-,21-,22+,23+,24+,25+,26+,27+,28+,29+,32-,33-,34?,35?/m1/s1. The lowest BCUT2D eigenvalue weighted by molar-refractivity contribution is -0.237. The van der Waals surface area contributed by atoms with Crippen molar-refractivity contribution in [1.82, 2.24) is 5.32 Å². The van der Waals surface area contributed by atoms with Gasteiger partial charge < -0.3 is 34.5 Å². The number of aliphatic hydroxyl groups excluding tert-OH is 1. The van der Waals surface area contributed by atoms with Crippen LogP contribution in [0, 0.1) is 50.7 Å². The maximum atomic E-state index is 12.5. The molecule has 2 spiro atoms. The summed E-state index contributed by atoms with van der Waals surface area (Å²) >= 11 is 0. The molecular formula is C35H59NO6. The second-order valence-electron chi connectivity index (χ2n) is 17.5. The van der Waals surface area contributed by atoms with Gasteiger partial charge in [-0.05, 0) is 111 Å². The van der Waals surface area contributed by atoms with Gasteiger partial charge in [0.15, 0.2) is 6.29 Å². The molecule has 2 aliphatic heterocycles. The predicted octanol–water partition coefficient (Wildman–Crippen LogP) is 4.92. The molecule has 7 aliphatic rings. The van der Waals surface area contributed by atoms with Gasteiger partial charge in [-0.1, -0.05) is 34.6 Å². The Balaban J connectivity index is 1.16. The Kier molecular flexibility index (Phi) is 6.96. The summed E-state index contributed by atoms with van der Waals surface area (Å²) in [6, 6.07) is 0. The minimum atomic E-state index is -1.01. The monoisotopic (exact) mass is 589 g/mol. The predicted molar refractivity (Wildman–Crippen MR) is 161 cm³/mol. The lowest BCUT2D eigenvalue weighted by atomic mass is 9.41. The first-order chi connectivity index (χ1) is 19.7. The van der Waals surface area contributed by atoms with Crippen LogP contribution in [0.5, 0.6) is 0 Å². The molecule has 0 radical (unpaired) electrons. The van der Waals surface area contributed by atoms with Crippen LogP contribution in [-0.4, -0.2) is 79.4 Å². The van der Waals surface area contributed by atoms with Crippen molar-refractivity contribution >= 4 is 0 Å². The molecule has 42 heavy (non-hydrogen) atoms. The van der Waals surface area contributed by atoms with E-state index in [1.165, 1.54) is 38.5 Å². The highest BCUT2D eigenvalue weighted by Crippen LogP contribution is 2.89. The number of hydrogen-bond acceptors (Lipinski definition) is 7. The molecule has 0 aromatic carbocycles. The zero-order valence-electron chi connectivity index (χ0n) is 27.6. The van der Waals surface area contributed by atoms with Gasteiger partial charge in [0.2, 0.25) is 0 Å². The Bertz CT molecular complexity index is 1050. The van der Waals surface area contributed by atoms with Gasteiger partial charge in [-0.2, -0.15) is 0 Å². The summed E-state index contributed by atoms with van der Waals surface area (Å²) in [5.74, 6) is 1.89. The molecule has 5 saturated carbocycles. The van der Waals surface area contributed by atoms with Crippen LogP contribution < -0.4 is 5.32 Å². The fourth-order valence-electron chi connectivity index (χ4n) is 13.5. The van der Waals surface area contributed by atoms with E-state index in [9.17, 15) is 10.2 Å². The first-order valence-electron chi connectivity index (χ1n) is 17.2. The number of fused-ring (bicyclic) bond motifs is 4. The van der Waals surface area contributed by atoms with E-state index in [-0.39, 0.29) is 40.8 Å². The van der Waals surface area contributed by atoms with E-state index in [2.05, 4.69) is 39.9 Å². The van der Waals surface area contributed by atoms with Crippen molar-refractivity contribution in [1.29, 1.82) is 0 Å². The van der Waals surface area contributed by atoms with E-state index >= 15 is 0 Å². The number of hydrogen-bond donors (Lipinski definition) is 3. The highest BCUT2D eigenvalue weighted by atomic mass is 16.7. The molecule has 2 saturated heterocycles. The fraction of sp³-hybridized carbons (Fsp3) is 1.00. The van der Waals surface area contributed by atoms with Crippen molar-refractivity contribution < 1.29 is 29.2 Å². The Morgan fingerprint density at radius 2 is 1.71 bits per heavy atom. The highest BCUT2D eigenvalue weighted by Gasteiger charge is 2.84. The molecule has 7 nitrogen and oxygen atoms in total. The largest absolute Gasteiger partial charge is 0.390 e. The number of ether oxygens (including phenoxy) is 4. The van der Waals surface area contributed by atoms with Crippen molar-refractivity contribution in [2.24, 2.45) is 50.7 Å². The number of methoxy groups -OCH3 is 1. The zero-order valence-corrected chi connectivity index (χ0v) is 27.6. The molecule has 5 aliphatic carbocycles. The van der Waals surface area contributed by atoms with Gasteiger partial charge in [-0.3, -0.25) is 0 Å². The normalized spacial score (nSPS) is 55.4.